The van der Waals surface area contributed by atoms with E-state index in [1.165, 1.54) is 25.7 Å². The molecule has 1 saturated carbocycles. The molecule has 1 aromatic rings. The summed E-state index contributed by atoms with van der Waals surface area (Å²) in [4.78, 5) is 12.0. The van der Waals surface area contributed by atoms with Crippen molar-refractivity contribution in [2.45, 2.75) is 45.1 Å². The lowest BCUT2D eigenvalue weighted by Crippen LogP contribution is -2.44. The van der Waals surface area contributed by atoms with Gasteiger partial charge in [0.2, 0.25) is 5.91 Å². The maximum atomic E-state index is 12.0. The van der Waals surface area contributed by atoms with Gasteiger partial charge in [0.05, 0.1) is 6.04 Å². The molecular weight excluding hydrogens is 272 g/mol. The van der Waals surface area contributed by atoms with Gasteiger partial charge in [-0.15, -0.1) is 12.4 Å². The quantitative estimate of drug-likeness (QED) is 0.813. The molecule has 0 heterocycles. The van der Waals surface area contributed by atoms with Gasteiger partial charge < -0.3 is 11.1 Å². The number of halogens is 1. The summed E-state index contributed by atoms with van der Waals surface area (Å²) >= 11 is 0. The Morgan fingerprint density at radius 1 is 1.35 bits per heavy atom. The van der Waals surface area contributed by atoms with Crippen LogP contribution in [0, 0.1) is 5.41 Å². The minimum Gasteiger partial charge on any atom is -0.354 e. The minimum absolute atomic E-state index is 0. The number of carbonyl (C=O) groups excluding carboxylic acids is 1. The van der Waals surface area contributed by atoms with E-state index < -0.39 is 6.04 Å². The van der Waals surface area contributed by atoms with E-state index in [0.29, 0.717) is 11.8 Å². The first-order valence-electron chi connectivity index (χ1n) is 7.22. The molecule has 1 amide bonds. The average Bonchev–Trinajstić information content (AvgIpc) is 3.18. The number of rotatable bonds is 7. The van der Waals surface area contributed by atoms with E-state index in [1.54, 1.807) is 0 Å². The Morgan fingerprint density at radius 3 is 2.55 bits per heavy atom. The molecule has 2 rings (SSSR count). The lowest BCUT2D eigenvalue weighted by Gasteiger charge is -2.17. The average molecular weight is 297 g/mol. The number of carbonyl (C=O) groups is 1. The standard InChI is InChI=1S/C16H24N2O.ClH/c1-2-8-16(9-10-16)12-18-15(19)14(17)11-13-6-4-3-5-7-13;/h3-7,14H,2,8-12,17H2,1H3,(H,18,19);1H. The highest BCUT2D eigenvalue weighted by Crippen LogP contribution is 2.48. The van der Waals surface area contributed by atoms with Gasteiger partial charge >= 0.3 is 0 Å². The Labute approximate surface area is 127 Å². The highest BCUT2D eigenvalue weighted by molar-refractivity contribution is 5.85. The summed E-state index contributed by atoms with van der Waals surface area (Å²) in [6, 6.07) is 9.48. The Morgan fingerprint density at radius 2 is 2.00 bits per heavy atom. The van der Waals surface area contributed by atoms with Crippen molar-refractivity contribution < 1.29 is 4.79 Å². The van der Waals surface area contributed by atoms with E-state index in [1.807, 2.05) is 30.3 Å². The van der Waals surface area contributed by atoms with Gasteiger partial charge in [0.15, 0.2) is 0 Å². The predicted octanol–water partition coefficient (Wildman–Crippen LogP) is 2.67. The lowest BCUT2D eigenvalue weighted by atomic mass is 10.0. The molecule has 0 aliphatic heterocycles. The molecule has 1 atom stereocenters. The molecule has 0 spiro atoms. The van der Waals surface area contributed by atoms with Crippen LogP contribution >= 0.6 is 12.4 Å². The number of amides is 1. The fourth-order valence-corrected chi connectivity index (χ4v) is 2.59. The van der Waals surface area contributed by atoms with Crippen LogP contribution < -0.4 is 11.1 Å². The summed E-state index contributed by atoms with van der Waals surface area (Å²) in [5.74, 6) is -0.0220. The molecule has 0 bridgehead atoms. The first-order chi connectivity index (χ1) is 9.15. The van der Waals surface area contributed by atoms with E-state index in [4.69, 9.17) is 5.73 Å². The molecule has 3 N–H and O–H groups in total. The van der Waals surface area contributed by atoms with Crippen molar-refractivity contribution in [3.8, 4) is 0 Å². The van der Waals surface area contributed by atoms with Crippen LogP contribution in [-0.4, -0.2) is 18.5 Å². The second-order valence-electron chi connectivity index (χ2n) is 5.76. The number of hydrogen-bond acceptors (Lipinski definition) is 2. The molecule has 3 nitrogen and oxygen atoms in total. The van der Waals surface area contributed by atoms with Crippen LogP contribution in [0.4, 0.5) is 0 Å². The molecule has 112 valence electrons. The number of nitrogens with one attached hydrogen (secondary N) is 1. The highest BCUT2D eigenvalue weighted by atomic mass is 35.5. The zero-order valence-corrected chi connectivity index (χ0v) is 12.9. The van der Waals surface area contributed by atoms with E-state index in [2.05, 4.69) is 12.2 Å². The second kappa shape index (κ2) is 7.65. The van der Waals surface area contributed by atoms with Gasteiger partial charge in [0, 0.05) is 6.54 Å². The monoisotopic (exact) mass is 296 g/mol. The summed E-state index contributed by atoms with van der Waals surface area (Å²) < 4.78 is 0. The fourth-order valence-electron chi connectivity index (χ4n) is 2.59. The Balaban J connectivity index is 0.00000200. The Kier molecular flexibility index (Phi) is 6.50. The van der Waals surface area contributed by atoms with Crippen LogP contribution in [0.15, 0.2) is 30.3 Å². The van der Waals surface area contributed by atoms with Crippen molar-refractivity contribution in [3.05, 3.63) is 35.9 Å². The van der Waals surface area contributed by atoms with E-state index in [9.17, 15) is 4.79 Å². The first kappa shape index (κ1) is 17.0. The van der Waals surface area contributed by atoms with Crippen LogP contribution in [0.1, 0.15) is 38.2 Å². The van der Waals surface area contributed by atoms with Crippen molar-refractivity contribution in [2.24, 2.45) is 11.1 Å². The first-order valence-corrected chi connectivity index (χ1v) is 7.22. The van der Waals surface area contributed by atoms with Crippen molar-refractivity contribution >= 4 is 18.3 Å². The summed E-state index contributed by atoms with van der Waals surface area (Å²) in [6.45, 7) is 2.99. The summed E-state index contributed by atoms with van der Waals surface area (Å²) in [5.41, 5.74) is 7.46. The van der Waals surface area contributed by atoms with Crippen molar-refractivity contribution in [1.29, 1.82) is 0 Å². The van der Waals surface area contributed by atoms with Gasteiger partial charge in [-0.2, -0.15) is 0 Å². The maximum Gasteiger partial charge on any atom is 0.237 e. The molecule has 1 aromatic carbocycles. The zero-order chi connectivity index (χ0) is 13.7. The number of hydrogen-bond donors (Lipinski definition) is 2. The molecule has 20 heavy (non-hydrogen) atoms. The third kappa shape index (κ3) is 4.80. The van der Waals surface area contributed by atoms with Gasteiger partial charge in [-0.3, -0.25) is 4.79 Å². The van der Waals surface area contributed by atoms with Crippen LogP contribution in [0.25, 0.3) is 0 Å². The van der Waals surface area contributed by atoms with Crippen LogP contribution in [-0.2, 0) is 11.2 Å². The smallest absolute Gasteiger partial charge is 0.237 e. The van der Waals surface area contributed by atoms with Gasteiger partial charge in [-0.05, 0) is 36.7 Å². The molecule has 0 radical (unpaired) electrons. The minimum atomic E-state index is -0.445. The van der Waals surface area contributed by atoms with Gasteiger partial charge in [-0.25, -0.2) is 0 Å². The Bertz CT molecular complexity index is 418. The second-order valence-corrected chi connectivity index (χ2v) is 5.76. The predicted molar refractivity (Wildman–Crippen MR) is 85.0 cm³/mol. The molecule has 1 aliphatic rings. The van der Waals surface area contributed by atoms with Crippen LogP contribution in [0.5, 0.6) is 0 Å². The van der Waals surface area contributed by atoms with Crippen LogP contribution in [0.3, 0.4) is 0 Å². The fraction of sp³-hybridized carbons (Fsp3) is 0.562. The maximum absolute atomic E-state index is 12.0. The summed E-state index contributed by atoms with van der Waals surface area (Å²) in [7, 11) is 0. The van der Waals surface area contributed by atoms with Crippen molar-refractivity contribution in [2.75, 3.05) is 6.54 Å². The van der Waals surface area contributed by atoms with Gasteiger partial charge in [-0.1, -0.05) is 43.7 Å². The van der Waals surface area contributed by atoms with E-state index in [-0.39, 0.29) is 18.3 Å². The molecule has 4 heteroatoms. The SMILES string of the molecule is CCCC1(CNC(=O)C(N)Cc2ccccc2)CC1.Cl. The summed E-state index contributed by atoms with van der Waals surface area (Å²) in [6.07, 6.45) is 5.49. The molecule has 0 aromatic heterocycles. The molecule has 0 saturated heterocycles. The third-order valence-electron chi connectivity index (χ3n) is 4.01. The van der Waals surface area contributed by atoms with Crippen molar-refractivity contribution in [3.63, 3.8) is 0 Å². The normalized spacial score (nSPS) is 16.9. The van der Waals surface area contributed by atoms with E-state index in [0.717, 1.165) is 12.1 Å². The van der Waals surface area contributed by atoms with Gasteiger partial charge in [0.1, 0.15) is 0 Å². The largest absolute Gasteiger partial charge is 0.354 e. The lowest BCUT2D eigenvalue weighted by molar-refractivity contribution is -0.122. The Hall–Kier alpha value is -1.06. The molecular formula is C16H25ClN2O. The van der Waals surface area contributed by atoms with E-state index >= 15 is 0 Å². The number of nitrogens with two attached hydrogens (primary N) is 1. The number of benzene rings is 1. The van der Waals surface area contributed by atoms with Gasteiger partial charge in [0.25, 0.3) is 0 Å². The third-order valence-corrected chi connectivity index (χ3v) is 4.01. The molecule has 1 aliphatic carbocycles. The summed E-state index contributed by atoms with van der Waals surface area (Å²) in [5, 5.41) is 3.03. The zero-order valence-electron chi connectivity index (χ0n) is 12.1. The molecule has 1 unspecified atom stereocenters. The van der Waals surface area contributed by atoms with Crippen LogP contribution in [0.2, 0.25) is 0 Å². The topological polar surface area (TPSA) is 55.1 Å². The highest BCUT2D eigenvalue weighted by Gasteiger charge is 2.41. The molecule has 1 fully saturated rings. The van der Waals surface area contributed by atoms with Crippen molar-refractivity contribution in [1.82, 2.24) is 5.32 Å².